The van der Waals surface area contributed by atoms with E-state index in [9.17, 15) is 4.39 Å². The van der Waals surface area contributed by atoms with Crippen molar-refractivity contribution in [2.75, 3.05) is 7.11 Å². The maximum atomic E-state index is 12.9. The number of halogens is 1. The number of nitrogens with two attached hydrogens (primary N) is 1. The van der Waals surface area contributed by atoms with Crippen molar-refractivity contribution in [3.63, 3.8) is 0 Å². The zero-order valence-corrected chi connectivity index (χ0v) is 12.3. The summed E-state index contributed by atoms with van der Waals surface area (Å²) in [4.78, 5) is 0. The third-order valence-corrected chi connectivity index (χ3v) is 3.12. The highest BCUT2D eigenvalue weighted by molar-refractivity contribution is 5.47. The summed E-state index contributed by atoms with van der Waals surface area (Å²) in [6.45, 7) is 2.30. The maximum absolute atomic E-state index is 12.9. The van der Waals surface area contributed by atoms with Gasteiger partial charge in [0.15, 0.2) is 11.5 Å². The smallest absolute Gasteiger partial charge is 0.164 e. The Bertz CT molecular complexity index is 582. The fourth-order valence-corrected chi connectivity index (χ4v) is 2.13. The molecule has 2 aromatic carbocycles. The molecule has 0 aliphatic carbocycles. The van der Waals surface area contributed by atoms with Crippen molar-refractivity contribution in [1.29, 1.82) is 0 Å². The van der Waals surface area contributed by atoms with Crippen LogP contribution in [0.25, 0.3) is 0 Å². The van der Waals surface area contributed by atoms with Crippen LogP contribution < -0.4 is 15.2 Å². The molecule has 1 unspecified atom stereocenters. The Morgan fingerprint density at radius 2 is 1.86 bits per heavy atom. The Morgan fingerprint density at radius 1 is 1.14 bits per heavy atom. The van der Waals surface area contributed by atoms with Crippen molar-refractivity contribution in [1.82, 2.24) is 0 Å². The van der Waals surface area contributed by atoms with Crippen LogP contribution in [-0.4, -0.2) is 13.2 Å². The first-order chi connectivity index (χ1) is 10.1. The standard InChI is InChI=1S/C17H20FNO2/c1-12(19)10-14-4-3-5-16(20-2)17(14)21-11-13-6-8-15(18)9-7-13/h3-9,12H,10-11,19H2,1-2H3. The molecule has 112 valence electrons. The fourth-order valence-electron chi connectivity index (χ4n) is 2.13. The van der Waals surface area contributed by atoms with E-state index in [2.05, 4.69) is 0 Å². The first-order valence-electron chi connectivity index (χ1n) is 6.89. The Labute approximate surface area is 124 Å². The first-order valence-corrected chi connectivity index (χ1v) is 6.89. The van der Waals surface area contributed by atoms with Crippen molar-refractivity contribution in [2.24, 2.45) is 5.73 Å². The summed E-state index contributed by atoms with van der Waals surface area (Å²) >= 11 is 0. The van der Waals surface area contributed by atoms with Crippen LogP contribution in [0.1, 0.15) is 18.1 Å². The molecule has 0 aliphatic rings. The molecule has 0 fully saturated rings. The van der Waals surface area contributed by atoms with E-state index in [1.807, 2.05) is 25.1 Å². The highest BCUT2D eigenvalue weighted by Gasteiger charge is 2.12. The quantitative estimate of drug-likeness (QED) is 0.887. The minimum Gasteiger partial charge on any atom is -0.493 e. The summed E-state index contributed by atoms with van der Waals surface area (Å²) < 4.78 is 24.1. The van der Waals surface area contributed by atoms with Gasteiger partial charge < -0.3 is 15.2 Å². The molecular weight excluding hydrogens is 269 g/mol. The third kappa shape index (κ3) is 4.20. The van der Waals surface area contributed by atoms with Gasteiger partial charge in [0, 0.05) is 6.04 Å². The van der Waals surface area contributed by atoms with Crippen molar-refractivity contribution >= 4 is 0 Å². The van der Waals surface area contributed by atoms with Crippen molar-refractivity contribution in [2.45, 2.75) is 26.0 Å². The number of benzene rings is 2. The maximum Gasteiger partial charge on any atom is 0.164 e. The van der Waals surface area contributed by atoms with E-state index in [4.69, 9.17) is 15.2 Å². The number of rotatable bonds is 6. The van der Waals surface area contributed by atoms with Crippen LogP contribution in [0.4, 0.5) is 4.39 Å². The van der Waals surface area contributed by atoms with Crippen LogP contribution in [0, 0.1) is 5.82 Å². The molecule has 2 aromatic rings. The minimum absolute atomic E-state index is 0.0327. The lowest BCUT2D eigenvalue weighted by molar-refractivity contribution is 0.281. The van der Waals surface area contributed by atoms with Crippen LogP contribution in [0.2, 0.25) is 0 Å². The van der Waals surface area contributed by atoms with Gasteiger partial charge in [-0.2, -0.15) is 0 Å². The van der Waals surface area contributed by atoms with Gasteiger partial charge in [-0.25, -0.2) is 4.39 Å². The Kier molecular flexibility index (Phi) is 5.17. The zero-order chi connectivity index (χ0) is 15.2. The predicted octanol–water partition coefficient (Wildman–Crippen LogP) is 3.30. The summed E-state index contributed by atoms with van der Waals surface area (Å²) in [6.07, 6.45) is 0.704. The first kappa shape index (κ1) is 15.3. The number of methoxy groups -OCH3 is 1. The molecule has 0 aromatic heterocycles. The van der Waals surface area contributed by atoms with E-state index in [0.29, 0.717) is 24.5 Å². The van der Waals surface area contributed by atoms with Gasteiger partial charge in [0.05, 0.1) is 7.11 Å². The third-order valence-electron chi connectivity index (χ3n) is 3.12. The second kappa shape index (κ2) is 7.09. The van der Waals surface area contributed by atoms with E-state index in [1.54, 1.807) is 19.2 Å². The van der Waals surface area contributed by atoms with E-state index in [-0.39, 0.29) is 11.9 Å². The number of para-hydroxylation sites is 1. The molecular formula is C17H20FNO2. The van der Waals surface area contributed by atoms with Gasteiger partial charge in [-0.3, -0.25) is 0 Å². The van der Waals surface area contributed by atoms with Gasteiger partial charge >= 0.3 is 0 Å². The fraction of sp³-hybridized carbons (Fsp3) is 0.294. The van der Waals surface area contributed by atoms with E-state index < -0.39 is 0 Å². The minimum atomic E-state index is -0.256. The van der Waals surface area contributed by atoms with Crippen molar-refractivity contribution in [3.8, 4) is 11.5 Å². The molecule has 0 bridgehead atoms. The van der Waals surface area contributed by atoms with E-state index >= 15 is 0 Å². The average Bonchev–Trinajstić information content (AvgIpc) is 2.46. The number of ether oxygens (including phenoxy) is 2. The molecule has 3 nitrogen and oxygen atoms in total. The molecule has 0 aliphatic heterocycles. The SMILES string of the molecule is COc1cccc(CC(C)N)c1OCc1ccc(F)cc1. The summed E-state index contributed by atoms with van der Waals surface area (Å²) in [7, 11) is 1.61. The number of hydrogen-bond acceptors (Lipinski definition) is 3. The molecule has 4 heteroatoms. The second-order valence-electron chi connectivity index (χ2n) is 5.05. The van der Waals surface area contributed by atoms with Crippen LogP contribution in [0.15, 0.2) is 42.5 Å². The molecule has 21 heavy (non-hydrogen) atoms. The van der Waals surface area contributed by atoms with Crippen LogP contribution >= 0.6 is 0 Å². The lowest BCUT2D eigenvalue weighted by atomic mass is 10.1. The normalized spacial score (nSPS) is 12.0. The molecule has 0 heterocycles. The summed E-state index contributed by atoms with van der Waals surface area (Å²) in [5.41, 5.74) is 7.77. The van der Waals surface area contributed by atoms with Gasteiger partial charge in [-0.05, 0) is 42.7 Å². The Morgan fingerprint density at radius 3 is 2.48 bits per heavy atom. The van der Waals surface area contributed by atoms with Crippen LogP contribution in [0.5, 0.6) is 11.5 Å². The average molecular weight is 289 g/mol. The van der Waals surface area contributed by atoms with Crippen molar-refractivity contribution in [3.05, 3.63) is 59.4 Å². The molecule has 2 N–H and O–H groups in total. The zero-order valence-electron chi connectivity index (χ0n) is 12.3. The molecule has 0 saturated heterocycles. The lowest BCUT2D eigenvalue weighted by Gasteiger charge is -2.16. The molecule has 0 amide bonds. The monoisotopic (exact) mass is 289 g/mol. The van der Waals surface area contributed by atoms with E-state index in [0.717, 1.165) is 11.1 Å². The van der Waals surface area contributed by atoms with Crippen LogP contribution in [0.3, 0.4) is 0 Å². The largest absolute Gasteiger partial charge is 0.493 e. The second-order valence-corrected chi connectivity index (χ2v) is 5.05. The van der Waals surface area contributed by atoms with Gasteiger partial charge in [0.25, 0.3) is 0 Å². The predicted molar refractivity (Wildman–Crippen MR) is 81.1 cm³/mol. The van der Waals surface area contributed by atoms with Gasteiger partial charge in [0.1, 0.15) is 12.4 Å². The summed E-state index contributed by atoms with van der Waals surface area (Å²) in [5.74, 6) is 1.12. The van der Waals surface area contributed by atoms with Gasteiger partial charge in [-0.1, -0.05) is 24.3 Å². The Balaban J connectivity index is 2.18. The molecule has 0 spiro atoms. The highest BCUT2D eigenvalue weighted by Crippen LogP contribution is 2.32. The highest BCUT2D eigenvalue weighted by atomic mass is 19.1. The van der Waals surface area contributed by atoms with E-state index in [1.165, 1.54) is 12.1 Å². The summed E-state index contributed by atoms with van der Waals surface area (Å²) in [6, 6.07) is 12.0. The molecule has 0 radical (unpaired) electrons. The molecule has 1 atom stereocenters. The van der Waals surface area contributed by atoms with Crippen molar-refractivity contribution < 1.29 is 13.9 Å². The summed E-state index contributed by atoms with van der Waals surface area (Å²) in [5, 5.41) is 0. The van der Waals surface area contributed by atoms with Crippen LogP contribution in [-0.2, 0) is 13.0 Å². The van der Waals surface area contributed by atoms with Gasteiger partial charge in [-0.15, -0.1) is 0 Å². The lowest BCUT2D eigenvalue weighted by Crippen LogP contribution is -2.18. The topological polar surface area (TPSA) is 44.5 Å². The molecule has 2 rings (SSSR count). The Hall–Kier alpha value is -2.07. The molecule has 0 saturated carbocycles. The van der Waals surface area contributed by atoms with Gasteiger partial charge in [0.2, 0.25) is 0 Å². The number of hydrogen-bond donors (Lipinski definition) is 1.